The third-order valence-electron chi connectivity index (χ3n) is 4.32. The molecule has 2 unspecified atom stereocenters. The Bertz CT molecular complexity index is 464. The topological polar surface area (TPSA) is 35.5 Å². The fourth-order valence-corrected chi connectivity index (χ4v) is 3.45. The van der Waals surface area contributed by atoms with Gasteiger partial charge in [0.15, 0.2) is 0 Å². The normalized spacial score (nSPS) is 22.6. The van der Waals surface area contributed by atoms with Gasteiger partial charge in [0.25, 0.3) is 0 Å². The second-order valence-corrected chi connectivity index (χ2v) is 6.72. The van der Waals surface area contributed by atoms with Gasteiger partial charge in [-0.3, -0.25) is 0 Å². The number of rotatable bonds is 5. The van der Waals surface area contributed by atoms with E-state index in [0.29, 0.717) is 6.04 Å². The molecule has 1 aliphatic carbocycles. The van der Waals surface area contributed by atoms with E-state index in [1.165, 1.54) is 12.0 Å². The first-order valence-corrected chi connectivity index (χ1v) is 8.30. The lowest BCUT2D eigenvalue weighted by Crippen LogP contribution is -2.44. The number of aliphatic hydroxyl groups excluding tert-OH is 1. The van der Waals surface area contributed by atoms with E-state index in [-0.39, 0.29) is 12.1 Å². The first-order valence-electron chi connectivity index (χ1n) is 7.92. The lowest BCUT2D eigenvalue weighted by molar-refractivity contribution is 0.106. The van der Waals surface area contributed by atoms with E-state index in [1.807, 2.05) is 12.1 Å². The van der Waals surface area contributed by atoms with Gasteiger partial charge in [-0.05, 0) is 24.5 Å². The maximum absolute atomic E-state index is 10.3. The van der Waals surface area contributed by atoms with Gasteiger partial charge in [0.2, 0.25) is 0 Å². The summed E-state index contributed by atoms with van der Waals surface area (Å²) in [6.07, 6.45) is 3.95. The zero-order chi connectivity index (χ0) is 15.4. The molecule has 1 aromatic carbocycles. The molecule has 2 N–H and O–H groups in total. The number of aliphatic hydroxyl groups is 1. The number of para-hydroxylation sites is 1. The predicted molar refractivity (Wildman–Crippen MR) is 90.1 cm³/mol. The molecule has 0 aromatic heterocycles. The highest BCUT2D eigenvalue weighted by Gasteiger charge is 2.28. The fourth-order valence-electron chi connectivity index (χ4n) is 3.12. The Morgan fingerprint density at radius 1 is 1.33 bits per heavy atom. The highest BCUT2D eigenvalue weighted by Crippen LogP contribution is 2.34. The number of halogens is 1. The van der Waals surface area contributed by atoms with Crippen molar-refractivity contribution < 1.29 is 5.11 Å². The van der Waals surface area contributed by atoms with Crippen LogP contribution in [0.25, 0.3) is 0 Å². The number of benzene rings is 1. The highest BCUT2D eigenvalue weighted by molar-refractivity contribution is 6.33. The van der Waals surface area contributed by atoms with Crippen LogP contribution in [-0.4, -0.2) is 30.3 Å². The Hall–Kier alpha value is -0.770. The minimum Gasteiger partial charge on any atom is -0.391 e. The molecule has 0 amide bonds. The summed E-state index contributed by atoms with van der Waals surface area (Å²) in [5.74, 6) is 0. The van der Waals surface area contributed by atoms with Gasteiger partial charge in [-0.15, -0.1) is 0 Å². The van der Waals surface area contributed by atoms with Crippen molar-refractivity contribution in [3.63, 3.8) is 0 Å². The molecular formula is C17H27ClN2O. The second-order valence-electron chi connectivity index (χ2n) is 6.31. The fraction of sp³-hybridized carbons (Fsp3) is 0.647. The summed E-state index contributed by atoms with van der Waals surface area (Å²) in [6, 6.07) is 6.64. The molecule has 3 nitrogen and oxygen atoms in total. The van der Waals surface area contributed by atoms with Crippen molar-refractivity contribution in [3.05, 3.63) is 28.8 Å². The average molecular weight is 311 g/mol. The Balaban J connectivity index is 2.23. The van der Waals surface area contributed by atoms with Crippen molar-refractivity contribution in [2.24, 2.45) is 0 Å². The van der Waals surface area contributed by atoms with E-state index in [1.54, 1.807) is 0 Å². The Labute approximate surface area is 133 Å². The van der Waals surface area contributed by atoms with Gasteiger partial charge >= 0.3 is 0 Å². The molecule has 1 fully saturated rings. The zero-order valence-electron chi connectivity index (χ0n) is 13.3. The summed E-state index contributed by atoms with van der Waals surface area (Å²) in [5.41, 5.74) is 2.25. The minimum absolute atomic E-state index is 0.163. The minimum atomic E-state index is -0.258. The van der Waals surface area contributed by atoms with Gasteiger partial charge in [-0.2, -0.15) is 0 Å². The molecule has 0 spiro atoms. The maximum Gasteiger partial charge on any atom is 0.0743 e. The van der Waals surface area contributed by atoms with E-state index in [9.17, 15) is 5.11 Å². The standard InChI is InChI=1S/C17H27ClN2O/c1-12(2)19-11-13-7-6-8-14(18)17(13)20(3)15-9-4-5-10-16(15)21/h6-8,12,15-16,19,21H,4-5,9-11H2,1-3H3. The molecule has 2 rings (SSSR count). The van der Waals surface area contributed by atoms with Crippen LogP contribution in [0.15, 0.2) is 18.2 Å². The largest absolute Gasteiger partial charge is 0.391 e. The number of hydrogen-bond acceptors (Lipinski definition) is 3. The van der Waals surface area contributed by atoms with E-state index in [4.69, 9.17) is 11.6 Å². The molecule has 1 aromatic rings. The van der Waals surface area contributed by atoms with Crippen molar-refractivity contribution in [2.75, 3.05) is 11.9 Å². The predicted octanol–water partition coefficient (Wildman–Crippen LogP) is 3.58. The Morgan fingerprint density at radius 3 is 2.71 bits per heavy atom. The molecule has 118 valence electrons. The van der Waals surface area contributed by atoms with Gasteiger partial charge in [-0.25, -0.2) is 0 Å². The van der Waals surface area contributed by atoms with Gasteiger partial charge in [0.05, 0.1) is 22.9 Å². The van der Waals surface area contributed by atoms with Crippen LogP contribution in [-0.2, 0) is 6.54 Å². The van der Waals surface area contributed by atoms with Gasteiger partial charge in [0, 0.05) is 19.6 Å². The van der Waals surface area contributed by atoms with Crippen LogP contribution in [0.5, 0.6) is 0 Å². The van der Waals surface area contributed by atoms with Crippen LogP contribution in [0, 0.1) is 0 Å². The lowest BCUT2D eigenvalue weighted by Gasteiger charge is -2.38. The maximum atomic E-state index is 10.3. The molecule has 1 saturated carbocycles. The smallest absolute Gasteiger partial charge is 0.0743 e. The summed E-state index contributed by atoms with van der Waals surface area (Å²) < 4.78 is 0. The van der Waals surface area contributed by atoms with Crippen molar-refractivity contribution in [2.45, 2.75) is 64.3 Å². The van der Waals surface area contributed by atoms with Crippen molar-refractivity contribution in [3.8, 4) is 0 Å². The molecule has 0 aliphatic heterocycles. The van der Waals surface area contributed by atoms with Gasteiger partial charge < -0.3 is 15.3 Å². The van der Waals surface area contributed by atoms with Crippen LogP contribution in [0.3, 0.4) is 0 Å². The van der Waals surface area contributed by atoms with Gasteiger partial charge in [-0.1, -0.05) is 50.4 Å². The molecular weight excluding hydrogens is 284 g/mol. The molecule has 1 aliphatic rings. The molecule has 2 atom stereocenters. The quantitative estimate of drug-likeness (QED) is 0.872. The molecule has 0 radical (unpaired) electrons. The molecule has 0 bridgehead atoms. The van der Waals surface area contributed by atoms with Crippen molar-refractivity contribution in [1.82, 2.24) is 5.32 Å². The van der Waals surface area contributed by atoms with Gasteiger partial charge in [0.1, 0.15) is 0 Å². The summed E-state index contributed by atoms with van der Waals surface area (Å²) in [4.78, 5) is 2.18. The van der Waals surface area contributed by atoms with Crippen LogP contribution < -0.4 is 10.2 Å². The van der Waals surface area contributed by atoms with E-state index in [2.05, 4.69) is 37.2 Å². The second kappa shape index (κ2) is 7.48. The summed E-state index contributed by atoms with van der Waals surface area (Å²) >= 11 is 6.46. The third kappa shape index (κ3) is 4.12. The summed E-state index contributed by atoms with van der Waals surface area (Å²) in [5, 5.41) is 14.5. The average Bonchev–Trinajstić information content (AvgIpc) is 2.45. The van der Waals surface area contributed by atoms with Crippen molar-refractivity contribution >= 4 is 17.3 Å². The van der Waals surface area contributed by atoms with E-state index >= 15 is 0 Å². The number of nitrogens with one attached hydrogen (secondary N) is 1. The number of hydrogen-bond donors (Lipinski definition) is 2. The molecule has 0 heterocycles. The number of likely N-dealkylation sites (N-methyl/N-ethyl adjacent to an activating group) is 1. The summed E-state index contributed by atoms with van der Waals surface area (Å²) in [6.45, 7) is 5.07. The third-order valence-corrected chi connectivity index (χ3v) is 4.62. The molecule has 4 heteroatoms. The van der Waals surface area contributed by atoms with Crippen LogP contribution in [0.2, 0.25) is 5.02 Å². The summed E-state index contributed by atoms with van der Waals surface area (Å²) in [7, 11) is 2.05. The first-order chi connectivity index (χ1) is 10.0. The Kier molecular flexibility index (Phi) is 5.91. The monoisotopic (exact) mass is 310 g/mol. The highest BCUT2D eigenvalue weighted by atomic mass is 35.5. The number of anilines is 1. The molecule has 21 heavy (non-hydrogen) atoms. The van der Waals surface area contributed by atoms with Crippen LogP contribution in [0.4, 0.5) is 5.69 Å². The zero-order valence-corrected chi connectivity index (χ0v) is 14.0. The van der Waals surface area contributed by atoms with Crippen molar-refractivity contribution in [1.29, 1.82) is 0 Å². The number of nitrogens with zero attached hydrogens (tertiary/aromatic N) is 1. The van der Waals surface area contributed by atoms with Crippen LogP contribution in [0.1, 0.15) is 45.1 Å². The first kappa shape index (κ1) is 16.6. The SMILES string of the molecule is CC(C)NCc1cccc(Cl)c1N(C)C1CCCCC1O. The van der Waals surface area contributed by atoms with Crippen LogP contribution >= 0.6 is 11.6 Å². The van der Waals surface area contributed by atoms with E-state index < -0.39 is 0 Å². The Morgan fingerprint density at radius 2 is 2.05 bits per heavy atom. The lowest BCUT2D eigenvalue weighted by atomic mass is 9.91. The van der Waals surface area contributed by atoms with E-state index in [0.717, 1.165) is 36.5 Å². The molecule has 0 saturated heterocycles.